The number of nitrogens with zero attached hydrogens (tertiary/aromatic N) is 2. The molecule has 3 atom stereocenters. The van der Waals surface area contributed by atoms with E-state index in [4.69, 9.17) is 0 Å². The van der Waals surface area contributed by atoms with Crippen LogP contribution in [-0.4, -0.2) is 34.4 Å². The molecule has 0 aromatic carbocycles. The maximum atomic E-state index is 12.2. The van der Waals surface area contributed by atoms with Crippen LogP contribution in [-0.2, 0) is 6.54 Å². The Balaban J connectivity index is 1.35. The van der Waals surface area contributed by atoms with Gasteiger partial charge in [0.15, 0.2) is 0 Å². The van der Waals surface area contributed by atoms with Crippen molar-refractivity contribution in [3.63, 3.8) is 0 Å². The average molecular weight is 313 g/mol. The number of rotatable bonds is 4. The molecule has 1 aliphatic heterocycles. The minimum Gasteiger partial charge on any atom is -0.349 e. The normalized spacial score (nSPS) is 27.2. The summed E-state index contributed by atoms with van der Waals surface area (Å²) < 4.78 is 0. The molecule has 22 heavy (non-hydrogen) atoms. The van der Waals surface area contributed by atoms with Crippen molar-refractivity contribution in [3.05, 3.63) is 52.5 Å². The molecule has 3 heterocycles. The molecule has 2 aromatic heterocycles. The minimum absolute atomic E-state index is 0.0811. The molecular formula is C17H19N3OS. The van der Waals surface area contributed by atoms with Gasteiger partial charge in [-0.05, 0) is 41.8 Å². The fourth-order valence-electron chi connectivity index (χ4n) is 3.79. The first-order valence-electron chi connectivity index (χ1n) is 7.75. The second-order valence-corrected chi connectivity index (χ2v) is 7.05. The van der Waals surface area contributed by atoms with Crippen LogP contribution in [0.2, 0.25) is 0 Å². The summed E-state index contributed by atoms with van der Waals surface area (Å²) in [7, 11) is 0. The smallest absolute Gasteiger partial charge is 0.252 e. The van der Waals surface area contributed by atoms with Gasteiger partial charge in [-0.1, -0.05) is 6.07 Å². The first-order valence-corrected chi connectivity index (χ1v) is 8.70. The summed E-state index contributed by atoms with van der Waals surface area (Å²) in [6, 6.07) is 6.95. The summed E-state index contributed by atoms with van der Waals surface area (Å²) in [5, 5.41) is 7.09. The fourth-order valence-corrected chi connectivity index (χ4v) is 4.42. The van der Waals surface area contributed by atoms with E-state index in [1.807, 2.05) is 35.3 Å². The molecular weight excluding hydrogens is 294 g/mol. The summed E-state index contributed by atoms with van der Waals surface area (Å²) in [4.78, 5) is 18.9. The Hall–Kier alpha value is -1.72. The summed E-state index contributed by atoms with van der Waals surface area (Å²) in [6.45, 7) is 2.05. The van der Waals surface area contributed by atoms with Crippen LogP contribution in [0.5, 0.6) is 0 Å². The lowest BCUT2D eigenvalue weighted by molar-refractivity contribution is 0.0904. The van der Waals surface area contributed by atoms with Crippen molar-refractivity contribution < 1.29 is 4.79 Å². The molecule has 2 bridgehead atoms. The number of pyridine rings is 1. The molecule has 1 saturated carbocycles. The number of thiophene rings is 1. The lowest BCUT2D eigenvalue weighted by Crippen LogP contribution is -2.45. The van der Waals surface area contributed by atoms with E-state index in [0.29, 0.717) is 18.0 Å². The third-order valence-electron chi connectivity index (χ3n) is 4.86. The SMILES string of the molecule is O=C(NC1CC2CC1CN2Cc1cccnc1)c1ccsc1. The molecule has 4 rings (SSSR count). The average Bonchev–Trinajstić information content (AvgIpc) is 3.24. The van der Waals surface area contributed by atoms with Crippen molar-refractivity contribution in [1.29, 1.82) is 0 Å². The molecule has 3 unspecified atom stereocenters. The molecule has 4 nitrogen and oxygen atoms in total. The highest BCUT2D eigenvalue weighted by molar-refractivity contribution is 7.08. The maximum absolute atomic E-state index is 12.2. The number of aromatic nitrogens is 1. The van der Waals surface area contributed by atoms with Gasteiger partial charge < -0.3 is 5.32 Å². The molecule has 114 valence electrons. The molecule has 2 fully saturated rings. The zero-order valence-corrected chi connectivity index (χ0v) is 13.1. The standard InChI is InChI=1S/C17H19N3OS/c21-17(13-3-5-22-11-13)19-16-7-15-6-14(16)10-20(15)9-12-2-1-4-18-8-12/h1-5,8,11,14-16H,6-7,9-10H2,(H,19,21). The van der Waals surface area contributed by atoms with Gasteiger partial charge in [0.05, 0.1) is 0 Å². The number of carbonyl (C=O) groups excluding carboxylic acids is 1. The van der Waals surface area contributed by atoms with Gasteiger partial charge in [0.25, 0.3) is 5.91 Å². The van der Waals surface area contributed by atoms with E-state index in [9.17, 15) is 4.79 Å². The number of likely N-dealkylation sites (tertiary alicyclic amines) is 1. The van der Waals surface area contributed by atoms with Gasteiger partial charge in [0.1, 0.15) is 0 Å². The highest BCUT2D eigenvalue weighted by Gasteiger charge is 2.44. The summed E-state index contributed by atoms with van der Waals surface area (Å²) >= 11 is 1.57. The van der Waals surface area contributed by atoms with E-state index in [1.165, 1.54) is 12.0 Å². The van der Waals surface area contributed by atoms with Crippen molar-refractivity contribution in [3.8, 4) is 0 Å². The van der Waals surface area contributed by atoms with Crippen LogP contribution in [0.3, 0.4) is 0 Å². The molecule has 2 aliphatic rings. The lowest BCUT2D eigenvalue weighted by atomic mass is 10.0. The first-order chi connectivity index (χ1) is 10.8. The Morgan fingerprint density at radius 1 is 1.41 bits per heavy atom. The van der Waals surface area contributed by atoms with Gasteiger partial charge in [0.2, 0.25) is 0 Å². The van der Waals surface area contributed by atoms with Crippen LogP contribution in [0.15, 0.2) is 41.4 Å². The Kier molecular flexibility index (Phi) is 3.68. The first kappa shape index (κ1) is 13.9. The van der Waals surface area contributed by atoms with Gasteiger partial charge in [0, 0.05) is 48.5 Å². The fraction of sp³-hybridized carbons (Fsp3) is 0.412. The third-order valence-corrected chi connectivity index (χ3v) is 5.55. The van der Waals surface area contributed by atoms with Gasteiger partial charge in [-0.3, -0.25) is 14.7 Å². The predicted molar refractivity (Wildman–Crippen MR) is 86.7 cm³/mol. The Labute approximate surface area is 134 Å². The van der Waals surface area contributed by atoms with E-state index in [2.05, 4.69) is 21.3 Å². The number of carbonyl (C=O) groups is 1. The number of nitrogens with one attached hydrogen (secondary N) is 1. The molecule has 5 heteroatoms. The number of amides is 1. The molecule has 0 spiro atoms. The van der Waals surface area contributed by atoms with E-state index in [1.54, 1.807) is 11.3 Å². The molecule has 2 aromatic rings. The van der Waals surface area contributed by atoms with Crippen molar-refractivity contribution in [2.24, 2.45) is 5.92 Å². The molecule has 1 N–H and O–H groups in total. The minimum atomic E-state index is 0.0811. The predicted octanol–water partition coefficient (Wildman–Crippen LogP) is 2.54. The zero-order valence-electron chi connectivity index (χ0n) is 12.3. The van der Waals surface area contributed by atoms with Crippen molar-refractivity contribution in [1.82, 2.24) is 15.2 Å². The van der Waals surface area contributed by atoms with Crippen LogP contribution in [0.25, 0.3) is 0 Å². The number of hydrogen-bond donors (Lipinski definition) is 1. The summed E-state index contributed by atoms with van der Waals surface area (Å²) in [5.74, 6) is 0.668. The van der Waals surface area contributed by atoms with E-state index in [0.717, 1.165) is 25.1 Å². The van der Waals surface area contributed by atoms with Crippen LogP contribution in [0.1, 0.15) is 28.8 Å². The maximum Gasteiger partial charge on any atom is 0.252 e. The number of hydrogen-bond acceptors (Lipinski definition) is 4. The van der Waals surface area contributed by atoms with E-state index < -0.39 is 0 Å². The van der Waals surface area contributed by atoms with Crippen LogP contribution in [0, 0.1) is 5.92 Å². The lowest BCUT2D eigenvalue weighted by Gasteiger charge is -2.31. The third kappa shape index (κ3) is 2.66. The Morgan fingerprint density at radius 3 is 3.05 bits per heavy atom. The van der Waals surface area contributed by atoms with Crippen LogP contribution >= 0.6 is 11.3 Å². The van der Waals surface area contributed by atoms with E-state index in [-0.39, 0.29) is 5.91 Å². The number of piperidine rings is 1. The molecule has 0 radical (unpaired) electrons. The quantitative estimate of drug-likeness (QED) is 0.943. The van der Waals surface area contributed by atoms with Gasteiger partial charge >= 0.3 is 0 Å². The van der Waals surface area contributed by atoms with Crippen LogP contribution in [0.4, 0.5) is 0 Å². The van der Waals surface area contributed by atoms with Crippen molar-refractivity contribution in [2.45, 2.75) is 31.5 Å². The van der Waals surface area contributed by atoms with Gasteiger partial charge in [-0.2, -0.15) is 11.3 Å². The highest BCUT2D eigenvalue weighted by atomic mass is 32.1. The zero-order chi connectivity index (χ0) is 14.9. The number of fused-ring (bicyclic) bond motifs is 2. The van der Waals surface area contributed by atoms with E-state index >= 15 is 0 Å². The van der Waals surface area contributed by atoms with Crippen molar-refractivity contribution in [2.75, 3.05) is 6.54 Å². The second kappa shape index (κ2) is 5.82. The van der Waals surface area contributed by atoms with Crippen molar-refractivity contribution >= 4 is 17.2 Å². The molecule has 1 amide bonds. The Bertz CT molecular complexity index is 643. The Morgan fingerprint density at radius 2 is 2.36 bits per heavy atom. The van der Waals surface area contributed by atoms with Gasteiger partial charge in [-0.15, -0.1) is 0 Å². The monoisotopic (exact) mass is 313 g/mol. The summed E-state index contributed by atoms with van der Waals surface area (Å²) in [5.41, 5.74) is 2.06. The molecule has 1 saturated heterocycles. The van der Waals surface area contributed by atoms with Crippen LogP contribution < -0.4 is 5.32 Å². The topological polar surface area (TPSA) is 45.2 Å². The molecule has 1 aliphatic carbocycles. The largest absolute Gasteiger partial charge is 0.349 e. The van der Waals surface area contributed by atoms with Gasteiger partial charge in [-0.25, -0.2) is 0 Å². The highest BCUT2D eigenvalue weighted by Crippen LogP contribution is 2.38. The second-order valence-electron chi connectivity index (χ2n) is 6.27. The summed E-state index contributed by atoms with van der Waals surface area (Å²) in [6.07, 6.45) is 6.03.